The average molecular weight is 361 g/mol. The van der Waals surface area contributed by atoms with Gasteiger partial charge in [0.15, 0.2) is 0 Å². The third-order valence-corrected chi connectivity index (χ3v) is 4.25. The summed E-state index contributed by atoms with van der Waals surface area (Å²) >= 11 is 0. The number of amides is 1. The van der Waals surface area contributed by atoms with Gasteiger partial charge in [0.05, 0.1) is 17.4 Å². The van der Waals surface area contributed by atoms with E-state index in [1.807, 2.05) is 42.7 Å². The highest BCUT2D eigenvalue weighted by Crippen LogP contribution is 2.27. The number of carbonyl (C=O) groups is 1. The van der Waals surface area contributed by atoms with Crippen LogP contribution in [0.4, 0.5) is 5.69 Å². The van der Waals surface area contributed by atoms with Crippen LogP contribution in [0.3, 0.4) is 0 Å². The van der Waals surface area contributed by atoms with E-state index in [1.165, 1.54) is 6.92 Å². The third-order valence-electron chi connectivity index (χ3n) is 4.25. The first-order chi connectivity index (χ1) is 13.0. The minimum Gasteiger partial charge on any atom is -0.334 e. The lowest BCUT2D eigenvalue weighted by molar-refractivity contribution is -0.114. The number of hydrogen-bond donors (Lipinski definition) is 1. The Balaban J connectivity index is 1.69. The zero-order valence-electron chi connectivity index (χ0n) is 15.3. The number of fused-ring (bicyclic) bond motifs is 1. The van der Waals surface area contributed by atoms with Crippen molar-refractivity contribution in [3.05, 3.63) is 48.8 Å². The summed E-state index contributed by atoms with van der Waals surface area (Å²) in [5, 5.41) is 6.86. The molecule has 0 atom stereocenters. The Morgan fingerprint density at radius 1 is 1.15 bits per heavy atom. The highest BCUT2D eigenvalue weighted by Gasteiger charge is 2.13. The van der Waals surface area contributed by atoms with Crippen molar-refractivity contribution in [2.75, 3.05) is 5.32 Å². The van der Waals surface area contributed by atoms with Crippen molar-refractivity contribution in [1.29, 1.82) is 0 Å². The molecule has 27 heavy (non-hydrogen) atoms. The molecule has 0 saturated heterocycles. The van der Waals surface area contributed by atoms with Gasteiger partial charge in [-0.15, -0.1) is 0 Å². The number of benzene rings is 2. The van der Waals surface area contributed by atoms with E-state index in [2.05, 4.69) is 38.9 Å². The van der Waals surface area contributed by atoms with E-state index in [0.29, 0.717) is 23.4 Å². The molecule has 0 radical (unpaired) electrons. The maximum atomic E-state index is 11.2. The Bertz CT molecular complexity index is 1130. The highest BCUT2D eigenvalue weighted by atomic mass is 16.5. The van der Waals surface area contributed by atoms with Gasteiger partial charge in [0, 0.05) is 29.8 Å². The molecule has 2 heterocycles. The van der Waals surface area contributed by atoms with Gasteiger partial charge in [-0.3, -0.25) is 4.79 Å². The summed E-state index contributed by atoms with van der Waals surface area (Å²) in [6, 6.07) is 13.5. The average Bonchev–Trinajstić information content (AvgIpc) is 3.28. The van der Waals surface area contributed by atoms with Crippen LogP contribution in [-0.2, 0) is 4.79 Å². The summed E-state index contributed by atoms with van der Waals surface area (Å²) in [6.07, 6.45) is 1.84. The summed E-state index contributed by atoms with van der Waals surface area (Å²) in [5.41, 5.74) is 4.24. The smallest absolute Gasteiger partial charge is 0.258 e. The van der Waals surface area contributed by atoms with Gasteiger partial charge < -0.3 is 14.4 Å². The number of nitrogens with one attached hydrogen (secondary N) is 1. The molecule has 0 fully saturated rings. The second kappa shape index (κ2) is 6.68. The summed E-state index contributed by atoms with van der Waals surface area (Å²) < 4.78 is 7.55. The van der Waals surface area contributed by atoms with Crippen LogP contribution >= 0.6 is 0 Å². The Kier molecular flexibility index (Phi) is 4.19. The SMILES string of the molecule is CC(=O)Nc1cccc(-c2nc(-c3ccc4ncn(C(C)C)c4c3)no2)c1. The molecule has 7 heteroatoms. The van der Waals surface area contributed by atoms with Gasteiger partial charge in [0.25, 0.3) is 5.89 Å². The summed E-state index contributed by atoms with van der Waals surface area (Å²) in [5.74, 6) is 0.774. The van der Waals surface area contributed by atoms with Crippen molar-refractivity contribution in [2.45, 2.75) is 26.8 Å². The Hall–Kier alpha value is -3.48. The van der Waals surface area contributed by atoms with Crippen molar-refractivity contribution in [3.63, 3.8) is 0 Å². The topological polar surface area (TPSA) is 85.8 Å². The number of carbonyl (C=O) groups excluding carboxylic acids is 1. The predicted molar refractivity (Wildman–Crippen MR) is 103 cm³/mol. The van der Waals surface area contributed by atoms with Crippen LogP contribution in [0.15, 0.2) is 53.3 Å². The maximum absolute atomic E-state index is 11.2. The van der Waals surface area contributed by atoms with Crippen molar-refractivity contribution >= 4 is 22.6 Å². The number of nitrogens with zero attached hydrogens (tertiary/aromatic N) is 4. The van der Waals surface area contributed by atoms with E-state index in [4.69, 9.17) is 4.52 Å². The zero-order chi connectivity index (χ0) is 19.0. The van der Waals surface area contributed by atoms with Gasteiger partial charge >= 0.3 is 0 Å². The van der Waals surface area contributed by atoms with E-state index in [-0.39, 0.29) is 5.91 Å². The normalized spacial score (nSPS) is 11.3. The molecule has 0 aliphatic heterocycles. The van der Waals surface area contributed by atoms with Gasteiger partial charge in [-0.2, -0.15) is 4.98 Å². The van der Waals surface area contributed by atoms with Crippen LogP contribution < -0.4 is 5.32 Å². The second-order valence-electron chi connectivity index (χ2n) is 6.63. The lowest BCUT2D eigenvalue weighted by Gasteiger charge is -2.07. The Morgan fingerprint density at radius 3 is 2.78 bits per heavy atom. The van der Waals surface area contributed by atoms with Gasteiger partial charge in [-0.05, 0) is 50.2 Å². The van der Waals surface area contributed by atoms with E-state index < -0.39 is 0 Å². The van der Waals surface area contributed by atoms with E-state index >= 15 is 0 Å². The molecule has 0 aliphatic carbocycles. The number of hydrogen-bond acceptors (Lipinski definition) is 5. The fourth-order valence-corrected chi connectivity index (χ4v) is 2.97. The molecule has 1 N–H and O–H groups in total. The minimum atomic E-state index is -0.131. The Labute approximate surface area is 156 Å². The van der Waals surface area contributed by atoms with E-state index in [9.17, 15) is 4.79 Å². The molecule has 0 bridgehead atoms. The fraction of sp³-hybridized carbons (Fsp3) is 0.200. The number of aromatic nitrogens is 4. The molecule has 2 aromatic carbocycles. The lowest BCUT2D eigenvalue weighted by atomic mass is 10.1. The largest absolute Gasteiger partial charge is 0.334 e. The predicted octanol–water partition coefficient (Wildman–Crippen LogP) is 4.29. The van der Waals surface area contributed by atoms with E-state index in [0.717, 1.165) is 22.2 Å². The minimum absolute atomic E-state index is 0.131. The molecule has 0 aliphatic rings. The summed E-state index contributed by atoms with van der Waals surface area (Å²) in [4.78, 5) is 20.2. The number of imidazole rings is 1. The van der Waals surface area contributed by atoms with E-state index in [1.54, 1.807) is 6.07 Å². The molecule has 0 unspecified atom stereocenters. The van der Waals surface area contributed by atoms with Gasteiger partial charge in [0.1, 0.15) is 0 Å². The van der Waals surface area contributed by atoms with Crippen LogP contribution in [0.1, 0.15) is 26.8 Å². The molecule has 4 aromatic rings. The molecular formula is C20H19N5O2. The quantitative estimate of drug-likeness (QED) is 0.586. The first-order valence-corrected chi connectivity index (χ1v) is 8.70. The first kappa shape index (κ1) is 17.0. The molecule has 4 rings (SSSR count). The summed E-state index contributed by atoms with van der Waals surface area (Å²) in [7, 11) is 0. The van der Waals surface area contributed by atoms with Crippen molar-refractivity contribution in [3.8, 4) is 22.8 Å². The van der Waals surface area contributed by atoms with Crippen LogP contribution in [0, 0.1) is 0 Å². The highest BCUT2D eigenvalue weighted by molar-refractivity contribution is 5.89. The molecule has 136 valence electrons. The van der Waals surface area contributed by atoms with Crippen LogP contribution in [0.2, 0.25) is 0 Å². The van der Waals surface area contributed by atoms with Gasteiger partial charge in [-0.25, -0.2) is 4.98 Å². The van der Waals surface area contributed by atoms with Crippen LogP contribution in [-0.4, -0.2) is 25.6 Å². The van der Waals surface area contributed by atoms with Gasteiger partial charge in [-0.1, -0.05) is 11.2 Å². The van der Waals surface area contributed by atoms with Crippen LogP contribution in [0.25, 0.3) is 33.9 Å². The lowest BCUT2D eigenvalue weighted by Crippen LogP contribution is -2.05. The number of anilines is 1. The molecule has 1 amide bonds. The van der Waals surface area contributed by atoms with Crippen molar-refractivity contribution in [2.24, 2.45) is 0 Å². The molecular weight excluding hydrogens is 342 g/mol. The fourth-order valence-electron chi connectivity index (χ4n) is 2.97. The van der Waals surface area contributed by atoms with Crippen LogP contribution in [0.5, 0.6) is 0 Å². The Morgan fingerprint density at radius 2 is 2.00 bits per heavy atom. The first-order valence-electron chi connectivity index (χ1n) is 8.70. The van der Waals surface area contributed by atoms with Crippen molar-refractivity contribution < 1.29 is 9.32 Å². The second-order valence-corrected chi connectivity index (χ2v) is 6.63. The van der Waals surface area contributed by atoms with Crippen molar-refractivity contribution in [1.82, 2.24) is 19.7 Å². The standard InChI is InChI=1S/C20H19N5O2/c1-12(2)25-11-21-17-8-7-14(10-18(17)25)19-23-20(27-24-19)15-5-4-6-16(9-15)22-13(3)26/h4-12H,1-3H3,(H,22,26). The third kappa shape index (κ3) is 3.31. The molecule has 0 spiro atoms. The monoisotopic (exact) mass is 361 g/mol. The number of rotatable bonds is 4. The maximum Gasteiger partial charge on any atom is 0.258 e. The summed E-state index contributed by atoms with van der Waals surface area (Å²) in [6.45, 7) is 5.69. The molecule has 2 aromatic heterocycles. The molecule has 0 saturated carbocycles. The zero-order valence-corrected chi connectivity index (χ0v) is 15.3. The van der Waals surface area contributed by atoms with Gasteiger partial charge in [0.2, 0.25) is 11.7 Å². The molecule has 7 nitrogen and oxygen atoms in total.